The van der Waals surface area contributed by atoms with Gasteiger partial charge in [0.1, 0.15) is 0 Å². The summed E-state index contributed by atoms with van der Waals surface area (Å²) in [5.41, 5.74) is 2.76. The lowest BCUT2D eigenvalue weighted by atomic mass is 10.2. The van der Waals surface area contributed by atoms with Crippen molar-refractivity contribution in [1.29, 1.82) is 5.26 Å². The third-order valence-electron chi connectivity index (χ3n) is 3.42. The van der Waals surface area contributed by atoms with Gasteiger partial charge in [-0.1, -0.05) is 0 Å². The number of aromatic nitrogens is 2. The molecule has 1 amide bonds. The summed E-state index contributed by atoms with van der Waals surface area (Å²) in [4.78, 5) is 12.1. The van der Waals surface area contributed by atoms with Gasteiger partial charge in [0.05, 0.1) is 35.8 Å². The van der Waals surface area contributed by atoms with Gasteiger partial charge < -0.3 is 14.8 Å². The zero-order valence-corrected chi connectivity index (χ0v) is 13.5. The van der Waals surface area contributed by atoms with Crippen molar-refractivity contribution in [2.24, 2.45) is 7.05 Å². The predicted molar refractivity (Wildman–Crippen MR) is 84.5 cm³/mol. The Bertz CT molecular complexity index is 774. The van der Waals surface area contributed by atoms with E-state index in [1.54, 1.807) is 22.9 Å². The maximum Gasteiger partial charge on any atom is 0.262 e. The molecule has 0 aliphatic heterocycles. The van der Waals surface area contributed by atoms with Crippen LogP contribution in [-0.2, 0) is 11.8 Å². The normalized spacial score (nSPS) is 10.0. The van der Waals surface area contributed by atoms with Crippen LogP contribution in [0, 0.1) is 25.2 Å². The fourth-order valence-corrected chi connectivity index (χ4v) is 2.13. The van der Waals surface area contributed by atoms with E-state index in [0.717, 1.165) is 11.4 Å². The highest BCUT2D eigenvalue weighted by molar-refractivity contribution is 5.93. The van der Waals surface area contributed by atoms with Gasteiger partial charge >= 0.3 is 0 Å². The number of nitrogens with one attached hydrogen (secondary N) is 1. The van der Waals surface area contributed by atoms with Gasteiger partial charge in [-0.15, -0.1) is 0 Å². The second-order valence-electron chi connectivity index (χ2n) is 4.98. The highest BCUT2D eigenvalue weighted by atomic mass is 16.5. The molecule has 1 N–H and O–H groups in total. The quantitative estimate of drug-likeness (QED) is 0.911. The zero-order valence-electron chi connectivity index (χ0n) is 13.5. The summed E-state index contributed by atoms with van der Waals surface area (Å²) in [6.07, 6.45) is 0. The van der Waals surface area contributed by atoms with E-state index in [1.165, 1.54) is 7.11 Å². The number of methoxy groups -OCH3 is 1. The highest BCUT2D eigenvalue weighted by Crippen LogP contribution is 2.27. The summed E-state index contributed by atoms with van der Waals surface area (Å²) in [6.45, 7) is 3.53. The number of aryl methyl sites for hydroxylation is 2. The first-order valence-electron chi connectivity index (χ1n) is 6.97. The molecule has 0 saturated heterocycles. The van der Waals surface area contributed by atoms with Crippen LogP contribution in [0.4, 0.5) is 5.69 Å². The Kier molecular flexibility index (Phi) is 4.86. The van der Waals surface area contributed by atoms with E-state index in [2.05, 4.69) is 10.4 Å². The first kappa shape index (κ1) is 16.4. The van der Waals surface area contributed by atoms with Crippen molar-refractivity contribution >= 4 is 11.6 Å². The lowest BCUT2D eigenvalue weighted by molar-refractivity contribution is -0.118. The van der Waals surface area contributed by atoms with Crippen LogP contribution in [0.3, 0.4) is 0 Å². The second-order valence-corrected chi connectivity index (χ2v) is 4.98. The molecule has 0 bridgehead atoms. The number of nitriles is 1. The summed E-state index contributed by atoms with van der Waals surface area (Å²) in [5.74, 6) is 0.516. The minimum Gasteiger partial charge on any atom is -0.493 e. The van der Waals surface area contributed by atoms with Gasteiger partial charge in [0.2, 0.25) is 0 Å². The van der Waals surface area contributed by atoms with Gasteiger partial charge in [-0.2, -0.15) is 10.4 Å². The van der Waals surface area contributed by atoms with Gasteiger partial charge in [0.15, 0.2) is 18.1 Å². The van der Waals surface area contributed by atoms with E-state index in [9.17, 15) is 4.79 Å². The molecule has 7 heteroatoms. The van der Waals surface area contributed by atoms with Crippen LogP contribution in [0.25, 0.3) is 0 Å². The molecule has 23 heavy (non-hydrogen) atoms. The molecule has 0 unspecified atom stereocenters. The number of hydrogen-bond acceptors (Lipinski definition) is 5. The molecule has 0 aliphatic rings. The lowest BCUT2D eigenvalue weighted by Crippen LogP contribution is -2.21. The SMILES string of the molecule is COc1cc(C#N)ccc1OCC(=O)Nc1c(C)nn(C)c1C. The average molecular weight is 314 g/mol. The van der Waals surface area contributed by atoms with E-state index in [4.69, 9.17) is 14.7 Å². The van der Waals surface area contributed by atoms with Crippen LogP contribution < -0.4 is 14.8 Å². The van der Waals surface area contributed by atoms with Crippen molar-refractivity contribution in [2.45, 2.75) is 13.8 Å². The molecular formula is C16H18N4O3. The number of amides is 1. The van der Waals surface area contributed by atoms with Crippen LogP contribution in [0.5, 0.6) is 11.5 Å². The summed E-state index contributed by atoms with van der Waals surface area (Å²) >= 11 is 0. The van der Waals surface area contributed by atoms with Gasteiger partial charge in [-0.05, 0) is 26.0 Å². The number of hydrogen-bond donors (Lipinski definition) is 1. The summed E-state index contributed by atoms with van der Waals surface area (Å²) < 4.78 is 12.3. The minimum atomic E-state index is -0.296. The molecule has 0 radical (unpaired) electrons. The third kappa shape index (κ3) is 3.61. The lowest BCUT2D eigenvalue weighted by Gasteiger charge is -2.11. The Morgan fingerprint density at radius 1 is 1.39 bits per heavy atom. The Balaban J connectivity index is 2.04. The fourth-order valence-electron chi connectivity index (χ4n) is 2.13. The van der Waals surface area contributed by atoms with Crippen molar-refractivity contribution < 1.29 is 14.3 Å². The Labute approximate surface area is 134 Å². The Morgan fingerprint density at radius 2 is 2.13 bits per heavy atom. The molecule has 0 atom stereocenters. The van der Waals surface area contributed by atoms with Crippen LogP contribution in [-0.4, -0.2) is 29.4 Å². The summed E-state index contributed by atoms with van der Waals surface area (Å²) in [6, 6.07) is 6.78. The minimum absolute atomic E-state index is 0.171. The van der Waals surface area contributed by atoms with Gasteiger partial charge in [0, 0.05) is 13.1 Å². The Hall–Kier alpha value is -3.01. The summed E-state index contributed by atoms with van der Waals surface area (Å²) in [7, 11) is 3.29. The number of rotatable bonds is 5. The van der Waals surface area contributed by atoms with Crippen LogP contribution >= 0.6 is 0 Å². The monoisotopic (exact) mass is 314 g/mol. The molecule has 0 saturated carbocycles. The molecule has 1 aromatic carbocycles. The first-order chi connectivity index (χ1) is 11.0. The number of anilines is 1. The van der Waals surface area contributed by atoms with Crippen molar-refractivity contribution in [1.82, 2.24) is 9.78 Å². The van der Waals surface area contributed by atoms with Crippen LogP contribution in [0.1, 0.15) is 17.0 Å². The van der Waals surface area contributed by atoms with E-state index in [-0.39, 0.29) is 12.5 Å². The molecule has 0 fully saturated rings. The zero-order chi connectivity index (χ0) is 17.0. The number of carbonyl (C=O) groups excluding carboxylic acids is 1. The maximum atomic E-state index is 12.1. The fraction of sp³-hybridized carbons (Fsp3) is 0.312. The summed E-state index contributed by atoms with van der Waals surface area (Å²) in [5, 5.41) is 15.9. The van der Waals surface area contributed by atoms with Crippen molar-refractivity contribution in [3.05, 3.63) is 35.2 Å². The molecule has 1 heterocycles. The van der Waals surface area contributed by atoms with Gasteiger partial charge in [-0.3, -0.25) is 9.48 Å². The molecule has 0 aliphatic carbocycles. The van der Waals surface area contributed by atoms with E-state index in [1.807, 2.05) is 27.0 Å². The molecule has 120 valence electrons. The number of benzene rings is 1. The van der Waals surface area contributed by atoms with Crippen molar-refractivity contribution in [3.63, 3.8) is 0 Å². The molecule has 2 aromatic rings. The van der Waals surface area contributed by atoms with Crippen LogP contribution in [0.2, 0.25) is 0 Å². The van der Waals surface area contributed by atoms with Crippen molar-refractivity contribution in [3.8, 4) is 17.6 Å². The van der Waals surface area contributed by atoms with E-state index in [0.29, 0.717) is 22.7 Å². The average Bonchev–Trinajstić information content (AvgIpc) is 2.79. The smallest absolute Gasteiger partial charge is 0.262 e. The van der Waals surface area contributed by atoms with Gasteiger partial charge in [-0.25, -0.2) is 0 Å². The topological polar surface area (TPSA) is 89.2 Å². The third-order valence-corrected chi connectivity index (χ3v) is 3.42. The highest BCUT2D eigenvalue weighted by Gasteiger charge is 2.14. The van der Waals surface area contributed by atoms with E-state index < -0.39 is 0 Å². The van der Waals surface area contributed by atoms with Crippen molar-refractivity contribution in [2.75, 3.05) is 19.0 Å². The number of ether oxygens (including phenoxy) is 2. The van der Waals surface area contributed by atoms with E-state index >= 15 is 0 Å². The predicted octanol–water partition coefficient (Wildman–Crippen LogP) is 1.93. The molecular weight excluding hydrogens is 296 g/mol. The number of carbonyl (C=O) groups is 1. The standard InChI is InChI=1S/C16H18N4O3/c1-10-16(11(2)20(3)19-10)18-15(21)9-23-13-6-5-12(8-17)7-14(13)22-4/h5-7H,9H2,1-4H3,(H,18,21). The van der Waals surface area contributed by atoms with Crippen LogP contribution in [0.15, 0.2) is 18.2 Å². The molecule has 1 aromatic heterocycles. The molecule has 0 spiro atoms. The second kappa shape index (κ2) is 6.83. The largest absolute Gasteiger partial charge is 0.493 e. The molecule has 2 rings (SSSR count). The van der Waals surface area contributed by atoms with Gasteiger partial charge in [0.25, 0.3) is 5.91 Å². The Morgan fingerprint density at radius 3 is 2.70 bits per heavy atom. The number of nitrogens with zero attached hydrogens (tertiary/aromatic N) is 3. The maximum absolute atomic E-state index is 12.1. The molecule has 7 nitrogen and oxygen atoms in total. The first-order valence-corrected chi connectivity index (χ1v) is 6.97.